The van der Waals surface area contributed by atoms with E-state index in [1.165, 1.54) is 36.6 Å². The Morgan fingerprint density at radius 3 is 2.69 bits per heavy atom. The van der Waals surface area contributed by atoms with Crippen molar-refractivity contribution in [3.8, 4) is 27.6 Å². The second-order valence-corrected chi connectivity index (χ2v) is 14.0. The molecule has 1 amide bonds. The Morgan fingerprint density at radius 1 is 1.06 bits per heavy atom. The number of amides is 1. The molecule has 0 bridgehead atoms. The average molecular weight is 711 g/mol. The number of hydrogen-bond acceptors (Lipinski definition) is 9. The van der Waals surface area contributed by atoms with E-state index >= 15 is 0 Å². The molecule has 9 rings (SSSR count). The van der Waals surface area contributed by atoms with Crippen molar-refractivity contribution in [1.82, 2.24) is 25.1 Å². The minimum absolute atomic E-state index is 0.0129. The lowest BCUT2D eigenvalue weighted by atomic mass is 9.93. The minimum Gasteiger partial charge on any atom is -0.493 e. The number of fused-ring (bicyclic) bond motifs is 5. The molecule has 6 heterocycles. The maximum Gasteiger partial charge on any atom is 0.434 e. The molecule has 1 saturated heterocycles. The zero-order chi connectivity index (χ0) is 35.0. The molecular formula is C37H29F3N6O4S. The van der Waals surface area contributed by atoms with Gasteiger partial charge in [-0.05, 0) is 85.4 Å². The molecule has 2 unspecified atom stereocenters. The van der Waals surface area contributed by atoms with Crippen LogP contribution in [0.5, 0.6) is 5.75 Å². The van der Waals surface area contributed by atoms with Crippen molar-refractivity contribution in [3.05, 3.63) is 110 Å². The van der Waals surface area contributed by atoms with Crippen molar-refractivity contribution in [1.29, 1.82) is 0 Å². The minimum atomic E-state index is -1.000. The van der Waals surface area contributed by atoms with Gasteiger partial charge >= 0.3 is 5.76 Å². The van der Waals surface area contributed by atoms with Crippen LogP contribution in [0.25, 0.3) is 32.0 Å². The monoisotopic (exact) mass is 710 g/mol. The van der Waals surface area contributed by atoms with Crippen LogP contribution in [0.15, 0.2) is 57.9 Å². The normalized spacial score (nSPS) is 17.6. The van der Waals surface area contributed by atoms with Gasteiger partial charge in [0, 0.05) is 28.7 Å². The first-order chi connectivity index (χ1) is 24.8. The molecule has 2 N–H and O–H groups in total. The summed E-state index contributed by atoms with van der Waals surface area (Å²) in [6, 6.07) is 10.8. The Bertz CT molecular complexity index is 2440. The maximum absolute atomic E-state index is 14.6. The van der Waals surface area contributed by atoms with Crippen LogP contribution in [0.2, 0.25) is 0 Å². The van der Waals surface area contributed by atoms with Crippen LogP contribution >= 0.6 is 11.3 Å². The molecule has 14 heteroatoms. The summed E-state index contributed by atoms with van der Waals surface area (Å²) in [5.41, 5.74) is 4.88. The molecule has 2 aromatic carbocycles. The third kappa shape index (κ3) is 5.10. The lowest BCUT2D eigenvalue weighted by Crippen LogP contribution is -2.22. The van der Waals surface area contributed by atoms with E-state index in [2.05, 4.69) is 20.5 Å². The number of pyridine rings is 2. The van der Waals surface area contributed by atoms with Crippen LogP contribution in [-0.2, 0) is 19.3 Å². The summed E-state index contributed by atoms with van der Waals surface area (Å²) in [5, 5.41) is 10.9. The first-order valence-corrected chi connectivity index (χ1v) is 17.5. The van der Waals surface area contributed by atoms with Crippen LogP contribution in [0.1, 0.15) is 69.8 Å². The topological polar surface area (TPSA) is 126 Å². The van der Waals surface area contributed by atoms with Gasteiger partial charge in [0.2, 0.25) is 5.82 Å². The predicted molar refractivity (Wildman–Crippen MR) is 183 cm³/mol. The Kier molecular flexibility index (Phi) is 7.45. The fourth-order valence-electron chi connectivity index (χ4n) is 7.85. The second kappa shape index (κ2) is 12.1. The number of methoxy groups -OCH3 is 1. The molecule has 1 fully saturated rings. The van der Waals surface area contributed by atoms with Crippen LogP contribution in [-0.4, -0.2) is 44.6 Å². The Morgan fingerprint density at radius 2 is 1.90 bits per heavy atom. The number of halogens is 3. The van der Waals surface area contributed by atoms with Gasteiger partial charge in [-0.2, -0.15) is 4.39 Å². The van der Waals surface area contributed by atoms with Gasteiger partial charge in [-0.1, -0.05) is 12.1 Å². The smallest absolute Gasteiger partial charge is 0.434 e. The zero-order valence-electron chi connectivity index (χ0n) is 27.2. The van der Waals surface area contributed by atoms with Crippen LogP contribution in [0.4, 0.5) is 19.0 Å². The third-order valence-corrected chi connectivity index (χ3v) is 11.3. The van der Waals surface area contributed by atoms with Gasteiger partial charge < -0.3 is 19.4 Å². The largest absolute Gasteiger partial charge is 0.493 e. The fourth-order valence-corrected chi connectivity index (χ4v) is 9.01. The van der Waals surface area contributed by atoms with Gasteiger partial charge in [0.05, 0.1) is 46.4 Å². The highest BCUT2D eigenvalue weighted by Gasteiger charge is 2.45. The number of nitrogens with one attached hydrogen (secondary N) is 2. The summed E-state index contributed by atoms with van der Waals surface area (Å²) in [6.07, 6.45) is 5.31. The van der Waals surface area contributed by atoms with Gasteiger partial charge in [0.1, 0.15) is 11.6 Å². The molecule has 3 aliphatic rings. The van der Waals surface area contributed by atoms with Crippen LogP contribution in [0.3, 0.4) is 0 Å². The van der Waals surface area contributed by atoms with Crippen molar-refractivity contribution in [2.45, 2.75) is 50.6 Å². The summed E-state index contributed by atoms with van der Waals surface area (Å²) in [5.74, 6) is -2.71. The second-order valence-electron chi connectivity index (χ2n) is 13.0. The molecule has 1 aliphatic carbocycles. The number of benzene rings is 2. The van der Waals surface area contributed by atoms with Crippen molar-refractivity contribution >= 4 is 33.1 Å². The molecular weight excluding hydrogens is 682 g/mol. The number of aromatic amines is 1. The van der Waals surface area contributed by atoms with E-state index in [1.54, 1.807) is 18.3 Å². The highest BCUT2D eigenvalue weighted by Crippen LogP contribution is 2.50. The number of nitrogens with zero attached hydrogens (tertiary/aromatic N) is 4. The summed E-state index contributed by atoms with van der Waals surface area (Å²) in [6.45, 7) is 0.611. The summed E-state index contributed by atoms with van der Waals surface area (Å²) in [4.78, 5) is 38.8. The number of anilines is 1. The highest BCUT2D eigenvalue weighted by molar-refractivity contribution is 7.23. The Hall–Kier alpha value is -5.50. The highest BCUT2D eigenvalue weighted by atomic mass is 32.1. The summed E-state index contributed by atoms with van der Waals surface area (Å²) < 4.78 is 54.4. The Balaban J connectivity index is 1.20. The standard InChI is InChI=1S/C37H29F3N6O4S/c1-49-32-20-9-11-23(21(20)16-22(39)30(32)40)43-34-33-18(12-13-41-34)15-26(51-33)28-27(35-44-45-37(48)50-35)24(10-6-17-4-7-19(38)8-5-17)42-31-25-3-2-14-46(25)36(47)29(28)31/h4-5,7-8,12-13,15-16,23,25H,2-3,6,9-11,14H2,1H3,(H,41,43)(H,45,48). The fraction of sp³-hybridized carbons (Fsp3) is 0.270. The average Bonchev–Trinajstić information content (AvgIpc) is 3.97. The van der Waals surface area contributed by atoms with E-state index in [-0.39, 0.29) is 35.4 Å². The van der Waals surface area contributed by atoms with E-state index < -0.39 is 17.4 Å². The molecule has 0 radical (unpaired) electrons. The summed E-state index contributed by atoms with van der Waals surface area (Å²) in [7, 11) is 1.33. The molecule has 51 heavy (non-hydrogen) atoms. The van der Waals surface area contributed by atoms with E-state index in [9.17, 15) is 22.8 Å². The molecule has 10 nitrogen and oxygen atoms in total. The van der Waals surface area contributed by atoms with Crippen LogP contribution < -0.4 is 15.8 Å². The predicted octanol–water partition coefficient (Wildman–Crippen LogP) is 7.30. The van der Waals surface area contributed by atoms with Gasteiger partial charge in [-0.25, -0.2) is 23.7 Å². The third-order valence-electron chi connectivity index (χ3n) is 10.1. The SMILES string of the molecule is COc1c(F)c(F)cc2c1CCC2Nc1nccc2cc(-c3c4c(nc(CCc5ccc(F)cc5)c3-c3n[nH]c(=O)o3)C3CCCN3C4=O)sc12. The molecule has 2 atom stereocenters. The maximum atomic E-state index is 14.6. The van der Waals surface area contributed by atoms with Crippen molar-refractivity contribution < 1.29 is 27.1 Å². The lowest BCUT2D eigenvalue weighted by molar-refractivity contribution is 0.0776. The number of rotatable bonds is 8. The Labute approximate surface area is 292 Å². The van der Waals surface area contributed by atoms with Crippen LogP contribution in [0, 0.1) is 17.5 Å². The number of carbonyl (C=O) groups is 1. The molecule has 2 aliphatic heterocycles. The van der Waals surface area contributed by atoms with Gasteiger partial charge in [-0.3, -0.25) is 9.78 Å². The molecule has 0 saturated carbocycles. The number of ether oxygens (including phenoxy) is 1. The van der Waals surface area contributed by atoms with E-state index in [0.29, 0.717) is 77.3 Å². The number of H-pyrrole nitrogens is 1. The number of aromatic nitrogens is 4. The lowest BCUT2D eigenvalue weighted by Gasteiger charge is -2.17. The van der Waals surface area contributed by atoms with Crippen molar-refractivity contribution in [2.75, 3.05) is 19.0 Å². The molecule has 0 spiro atoms. The van der Waals surface area contributed by atoms with E-state index in [0.717, 1.165) is 33.4 Å². The number of aryl methyl sites for hydroxylation is 2. The molecule has 6 aromatic rings. The van der Waals surface area contributed by atoms with Gasteiger partial charge in [-0.15, -0.1) is 16.4 Å². The quantitative estimate of drug-likeness (QED) is 0.169. The molecule has 258 valence electrons. The number of carbonyl (C=O) groups excluding carboxylic acids is 1. The first-order valence-electron chi connectivity index (χ1n) is 16.7. The molecule has 4 aromatic heterocycles. The van der Waals surface area contributed by atoms with Crippen molar-refractivity contribution in [2.24, 2.45) is 0 Å². The first kappa shape index (κ1) is 31.5. The van der Waals surface area contributed by atoms with E-state index in [4.69, 9.17) is 14.1 Å². The zero-order valence-corrected chi connectivity index (χ0v) is 28.0. The number of thiophene rings is 1. The van der Waals surface area contributed by atoms with Gasteiger partial charge in [0.15, 0.2) is 11.6 Å². The van der Waals surface area contributed by atoms with Gasteiger partial charge in [0.25, 0.3) is 11.8 Å². The van der Waals surface area contributed by atoms with E-state index in [1.807, 2.05) is 17.0 Å². The number of hydrogen-bond donors (Lipinski definition) is 2. The summed E-state index contributed by atoms with van der Waals surface area (Å²) >= 11 is 1.41. The van der Waals surface area contributed by atoms with Crippen molar-refractivity contribution in [3.63, 3.8) is 0 Å².